The van der Waals surface area contributed by atoms with Gasteiger partial charge < -0.3 is 9.88 Å². The van der Waals surface area contributed by atoms with E-state index in [1.165, 1.54) is 11.8 Å². The molecule has 0 aliphatic carbocycles. The van der Waals surface area contributed by atoms with Crippen LogP contribution in [0.1, 0.15) is 18.2 Å². The third-order valence-corrected chi connectivity index (χ3v) is 5.86. The second-order valence-electron chi connectivity index (χ2n) is 7.01. The number of anilines is 1. The number of aromatic nitrogens is 6. The van der Waals surface area contributed by atoms with Crippen molar-refractivity contribution in [2.75, 3.05) is 11.1 Å². The Bertz CT molecular complexity index is 1230. The molecule has 0 unspecified atom stereocenters. The number of carbonyl (C=O) groups is 1. The fraction of sp³-hybridized carbons (Fsp3) is 0.286. The highest BCUT2D eigenvalue weighted by Gasteiger charge is 2.16. The van der Waals surface area contributed by atoms with Crippen molar-refractivity contribution in [2.45, 2.75) is 32.5 Å². The number of amides is 1. The molecule has 4 rings (SSSR count). The Balaban J connectivity index is 1.47. The maximum Gasteiger partial charge on any atom is 0.234 e. The van der Waals surface area contributed by atoms with Gasteiger partial charge in [-0.1, -0.05) is 36.0 Å². The zero-order valence-corrected chi connectivity index (χ0v) is 18.2. The van der Waals surface area contributed by atoms with Gasteiger partial charge in [-0.3, -0.25) is 9.48 Å². The maximum absolute atomic E-state index is 12.5. The predicted octanol–water partition coefficient (Wildman–Crippen LogP) is 3.59. The van der Waals surface area contributed by atoms with Gasteiger partial charge in [0, 0.05) is 24.5 Å². The molecule has 0 aliphatic rings. The maximum atomic E-state index is 12.5. The van der Waals surface area contributed by atoms with Gasteiger partial charge >= 0.3 is 0 Å². The summed E-state index contributed by atoms with van der Waals surface area (Å²) < 4.78 is 3.77. The lowest BCUT2D eigenvalue weighted by Gasteiger charge is -2.09. The van der Waals surface area contributed by atoms with E-state index in [-0.39, 0.29) is 11.7 Å². The number of carbonyl (C=O) groups excluding carboxylic acids is 1. The number of nitrogens with zero attached hydrogens (tertiary/aromatic N) is 6. The van der Waals surface area contributed by atoms with Crippen LogP contribution in [0.15, 0.2) is 41.7 Å². The van der Waals surface area contributed by atoms with Crippen LogP contribution in [0.2, 0.25) is 0 Å². The van der Waals surface area contributed by atoms with Gasteiger partial charge in [0.2, 0.25) is 5.91 Å². The van der Waals surface area contributed by atoms with E-state index in [0.717, 1.165) is 45.4 Å². The van der Waals surface area contributed by atoms with Crippen molar-refractivity contribution in [3.8, 4) is 11.4 Å². The summed E-state index contributed by atoms with van der Waals surface area (Å²) in [4.78, 5) is 16.9. The average Bonchev–Trinajstić information content (AvgIpc) is 3.27. The molecule has 9 heteroatoms. The van der Waals surface area contributed by atoms with Crippen LogP contribution in [0.4, 0.5) is 5.69 Å². The second kappa shape index (κ2) is 8.27. The van der Waals surface area contributed by atoms with Crippen molar-refractivity contribution in [3.63, 3.8) is 0 Å². The first-order chi connectivity index (χ1) is 14.5. The van der Waals surface area contributed by atoms with Gasteiger partial charge in [0.1, 0.15) is 0 Å². The summed E-state index contributed by atoms with van der Waals surface area (Å²) >= 11 is 1.37. The summed E-state index contributed by atoms with van der Waals surface area (Å²) in [5.41, 5.74) is 4.52. The molecule has 0 atom stereocenters. The minimum atomic E-state index is -0.120. The van der Waals surface area contributed by atoms with Crippen LogP contribution in [-0.4, -0.2) is 41.2 Å². The second-order valence-corrected chi connectivity index (χ2v) is 7.95. The van der Waals surface area contributed by atoms with Gasteiger partial charge in [-0.05, 0) is 32.4 Å². The molecule has 0 radical (unpaired) electrons. The first kappa shape index (κ1) is 20.1. The van der Waals surface area contributed by atoms with Crippen molar-refractivity contribution in [1.82, 2.24) is 29.5 Å². The van der Waals surface area contributed by atoms with Gasteiger partial charge in [0.05, 0.1) is 23.3 Å². The molecule has 0 bridgehead atoms. The largest absolute Gasteiger partial charge is 0.324 e. The molecule has 1 N–H and O–H groups in total. The summed E-state index contributed by atoms with van der Waals surface area (Å²) in [6.45, 7) is 6.75. The normalized spacial score (nSPS) is 11.2. The summed E-state index contributed by atoms with van der Waals surface area (Å²) in [7, 11) is 1.85. The molecule has 1 aromatic carbocycles. The molecule has 0 saturated carbocycles. The fourth-order valence-electron chi connectivity index (χ4n) is 3.41. The first-order valence-electron chi connectivity index (χ1n) is 9.69. The number of rotatable bonds is 6. The van der Waals surface area contributed by atoms with E-state index >= 15 is 0 Å². The Hall–Kier alpha value is -3.20. The van der Waals surface area contributed by atoms with Crippen LogP contribution < -0.4 is 5.32 Å². The van der Waals surface area contributed by atoms with Crippen molar-refractivity contribution < 1.29 is 4.79 Å². The number of hydrogen-bond donors (Lipinski definition) is 1. The van der Waals surface area contributed by atoms with Gasteiger partial charge in [-0.25, -0.2) is 4.98 Å². The molecule has 1 amide bonds. The van der Waals surface area contributed by atoms with Crippen molar-refractivity contribution in [1.29, 1.82) is 0 Å². The Kier molecular flexibility index (Phi) is 5.54. The van der Waals surface area contributed by atoms with Crippen molar-refractivity contribution >= 4 is 34.4 Å². The molecule has 8 nitrogen and oxygen atoms in total. The van der Waals surface area contributed by atoms with Crippen molar-refractivity contribution in [3.05, 3.63) is 47.8 Å². The van der Waals surface area contributed by atoms with E-state index in [4.69, 9.17) is 0 Å². The Morgan fingerprint density at radius 3 is 2.77 bits per heavy atom. The number of nitrogens with one attached hydrogen (secondary N) is 1. The predicted molar refractivity (Wildman–Crippen MR) is 118 cm³/mol. The Labute approximate surface area is 178 Å². The zero-order valence-electron chi connectivity index (χ0n) is 17.4. The highest BCUT2D eigenvalue weighted by Crippen LogP contribution is 2.26. The number of aryl methyl sites for hydroxylation is 3. The molecule has 0 fully saturated rings. The number of fused-ring (bicyclic) bond motifs is 1. The first-order valence-corrected chi connectivity index (χ1v) is 10.7. The van der Waals surface area contributed by atoms with E-state index < -0.39 is 0 Å². The quantitative estimate of drug-likeness (QED) is 0.479. The molecule has 30 heavy (non-hydrogen) atoms. The smallest absolute Gasteiger partial charge is 0.234 e. The number of benzene rings is 1. The van der Waals surface area contributed by atoms with E-state index in [1.807, 2.05) is 49.7 Å². The lowest BCUT2D eigenvalue weighted by Crippen LogP contribution is -2.15. The molecule has 4 aromatic rings. The van der Waals surface area contributed by atoms with Gasteiger partial charge in [-0.15, -0.1) is 10.2 Å². The minimum absolute atomic E-state index is 0.120. The minimum Gasteiger partial charge on any atom is -0.324 e. The summed E-state index contributed by atoms with van der Waals surface area (Å²) in [6.07, 6.45) is 1.65. The van der Waals surface area contributed by atoms with Gasteiger partial charge in [0.25, 0.3) is 0 Å². The van der Waals surface area contributed by atoms with Crippen LogP contribution in [0.25, 0.3) is 22.4 Å². The van der Waals surface area contributed by atoms with E-state index in [9.17, 15) is 4.79 Å². The molecule has 154 valence electrons. The molecule has 0 aliphatic heterocycles. The van der Waals surface area contributed by atoms with Crippen LogP contribution in [0.5, 0.6) is 0 Å². The van der Waals surface area contributed by atoms with Crippen LogP contribution >= 0.6 is 11.8 Å². The lowest BCUT2D eigenvalue weighted by atomic mass is 10.1. The van der Waals surface area contributed by atoms with Gasteiger partial charge in [0.15, 0.2) is 16.6 Å². The molecule has 3 heterocycles. The standard InChI is InChI=1S/C21H23N7OS/c1-5-28-20(16-9-7-6-8-13(16)2)24-25-21(28)30-12-18(29)23-15-10-17-14(3)26-27(4)19(17)22-11-15/h6-11H,5,12H2,1-4H3,(H,23,29). The van der Waals surface area contributed by atoms with Crippen LogP contribution in [0.3, 0.4) is 0 Å². The molecular formula is C21H23N7OS. The Morgan fingerprint density at radius 2 is 2.00 bits per heavy atom. The zero-order chi connectivity index (χ0) is 21.3. The number of hydrogen-bond acceptors (Lipinski definition) is 6. The highest BCUT2D eigenvalue weighted by molar-refractivity contribution is 7.99. The number of thioether (sulfide) groups is 1. The van der Waals surface area contributed by atoms with E-state index in [1.54, 1.807) is 10.9 Å². The summed E-state index contributed by atoms with van der Waals surface area (Å²) in [5.74, 6) is 0.932. The van der Waals surface area contributed by atoms with Crippen LogP contribution in [0, 0.1) is 13.8 Å². The van der Waals surface area contributed by atoms with Gasteiger partial charge in [-0.2, -0.15) is 5.10 Å². The lowest BCUT2D eigenvalue weighted by molar-refractivity contribution is -0.113. The monoisotopic (exact) mass is 421 g/mol. The third kappa shape index (κ3) is 3.80. The molecular weight excluding hydrogens is 398 g/mol. The van der Waals surface area contributed by atoms with E-state index in [2.05, 4.69) is 38.6 Å². The number of pyridine rings is 1. The fourth-order valence-corrected chi connectivity index (χ4v) is 4.21. The SMILES string of the molecule is CCn1c(SCC(=O)Nc2cnc3c(c2)c(C)nn3C)nnc1-c1ccccc1C. The van der Waals surface area contributed by atoms with E-state index in [0.29, 0.717) is 5.69 Å². The van der Waals surface area contributed by atoms with Crippen LogP contribution in [-0.2, 0) is 18.4 Å². The summed E-state index contributed by atoms with van der Waals surface area (Å²) in [5, 5.41) is 17.6. The topological polar surface area (TPSA) is 90.5 Å². The third-order valence-electron chi connectivity index (χ3n) is 4.90. The highest BCUT2D eigenvalue weighted by atomic mass is 32.2. The summed E-state index contributed by atoms with van der Waals surface area (Å²) in [6, 6.07) is 9.99. The molecule has 0 saturated heterocycles. The molecule has 3 aromatic heterocycles. The average molecular weight is 422 g/mol. The van der Waals surface area contributed by atoms with Crippen molar-refractivity contribution in [2.24, 2.45) is 7.05 Å². The Morgan fingerprint density at radius 1 is 1.20 bits per heavy atom. The molecule has 0 spiro atoms.